The molecule has 0 radical (unpaired) electrons. The van der Waals surface area contributed by atoms with Crippen LogP contribution in [0.5, 0.6) is 0 Å². The molecule has 14 heavy (non-hydrogen) atoms. The van der Waals surface area contributed by atoms with Crippen LogP contribution in [-0.4, -0.2) is 34.8 Å². The van der Waals surface area contributed by atoms with Crippen molar-refractivity contribution in [3.05, 3.63) is 5.89 Å². The normalized spacial score (nSPS) is 18.2. The summed E-state index contributed by atoms with van der Waals surface area (Å²) in [5, 5.41) is 7.80. The molecule has 0 aromatic carbocycles. The second-order valence-corrected chi connectivity index (χ2v) is 5.71. The summed E-state index contributed by atoms with van der Waals surface area (Å²) in [7, 11) is 3.77. The minimum absolute atomic E-state index is 0.282. The SMILES string of the molecule is ClCc1nnc(N2CCSSCC2)o1. The van der Waals surface area contributed by atoms with Crippen molar-refractivity contribution in [3.63, 3.8) is 0 Å². The van der Waals surface area contributed by atoms with Crippen LogP contribution in [-0.2, 0) is 5.88 Å². The maximum Gasteiger partial charge on any atom is 0.318 e. The van der Waals surface area contributed by atoms with E-state index in [4.69, 9.17) is 16.0 Å². The van der Waals surface area contributed by atoms with Crippen LogP contribution >= 0.6 is 33.2 Å². The Hall–Kier alpha value is -0.0700. The van der Waals surface area contributed by atoms with E-state index >= 15 is 0 Å². The van der Waals surface area contributed by atoms with Crippen molar-refractivity contribution < 1.29 is 4.42 Å². The number of halogens is 1. The second kappa shape index (κ2) is 5.14. The molecule has 1 aliphatic rings. The van der Waals surface area contributed by atoms with Crippen LogP contribution in [0.1, 0.15) is 5.89 Å². The molecular weight excluding hydrogens is 242 g/mol. The molecule has 1 saturated heterocycles. The van der Waals surface area contributed by atoms with Crippen molar-refractivity contribution in [2.45, 2.75) is 5.88 Å². The van der Waals surface area contributed by atoms with E-state index in [1.807, 2.05) is 21.6 Å². The largest absolute Gasteiger partial charge is 0.407 e. The first-order chi connectivity index (χ1) is 6.90. The molecule has 0 unspecified atom stereocenters. The standard InChI is InChI=1S/C7H10ClN3OS2/c8-5-6-9-10-7(12-6)11-1-3-13-14-4-2-11/h1-5H2. The molecule has 4 nitrogen and oxygen atoms in total. The third-order valence-electron chi connectivity index (χ3n) is 1.81. The third kappa shape index (κ3) is 2.49. The average Bonchev–Trinajstić information content (AvgIpc) is 2.53. The highest BCUT2D eigenvalue weighted by atomic mass is 35.5. The number of nitrogens with zero attached hydrogens (tertiary/aromatic N) is 3. The molecule has 0 spiro atoms. The zero-order valence-corrected chi connectivity index (χ0v) is 9.87. The Morgan fingerprint density at radius 1 is 1.29 bits per heavy atom. The van der Waals surface area contributed by atoms with Gasteiger partial charge in [0.15, 0.2) is 0 Å². The fourth-order valence-corrected chi connectivity index (χ4v) is 3.23. The van der Waals surface area contributed by atoms with Gasteiger partial charge in [0.1, 0.15) is 5.88 Å². The number of anilines is 1. The maximum absolute atomic E-state index is 5.59. The monoisotopic (exact) mass is 251 g/mol. The van der Waals surface area contributed by atoms with Gasteiger partial charge in [-0.1, -0.05) is 26.7 Å². The van der Waals surface area contributed by atoms with E-state index in [-0.39, 0.29) is 5.88 Å². The number of hydrogen-bond acceptors (Lipinski definition) is 6. The van der Waals surface area contributed by atoms with Crippen molar-refractivity contribution in [1.82, 2.24) is 10.2 Å². The molecule has 2 rings (SSSR count). The summed E-state index contributed by atoms with van der Waals surface area (Å²) in [5.74, 6) is 2.95. The quantitative estimate of drug-likeness (QED) is 0.592. The first-order valence-electron chi connectivity index (χ1n) is 4.28. The zero-order chi connectivity index (χ0) is 9.80. The molecule has 78 valence electrons. The third-order valence-corrected chi connectivity index (χ3v) is 4.41. The zero-order valence-electron chi connectivity index (χ0n) is 7.48. The molecule has 0 aliphatic carbocycles. The van der Waals surface area contributed by atoms with Gasteiger partial charge >= 0.3 is 6.01 Å². The molecule has 0 saturated carbocycles. The van der Waals surface area contributed by atoms with E-state index in [0.29, 0.717) is 11.9 Å². The van der Waals surface area contributed by atoms with Gasteiger partial charge in [0.25, 0.3) is 0 Å². The number of hydrogen-bond donors (Lipinski definition) is 0. The van der Waals surface area contributed by atoms with Crippen LogP contribution in [0.2, 0.25) is 0 Å². The van der Waals surface area contributed by atoms with Gasteiger partial charge in [-0.15, -0.1) is 16.7 Å². The molecule has 0 amide bonds. The molecule has 1 aromatic rings. The lowest BCUT2D eigenvalue weighted by molar-refractivity contribution is 0.504. The summed E-state index contributed by atoms with van der Waals surface area (Å²) in [6.45, 7) is 1.92. The van der Waals surface area contributed by atoms with Crippen LogP contribution < -0.4 is 4.90 Å². The Morgan fingerprint density at radius 2 is 2.00 bits per heavy atom. The Balaban J connectivity index is 2.04. The van der Waals surface area contributed by atoms with Gasteiger partial charge in [-0.25, -0.2) is 0 Å². The van der Waals surface area contributed by atoms with Crippen molar-refractivity contribution in [2.75, 3.05) is 29.5 Å². The van der Waals surface area contributed by atoms with E-state index in [1.165, 1.54) is 0 Å². The summed E-state index contributed by atoms with van der Waals surface area (Å²) in [6.07, 6.45) is 0. The van der Waals surface area contributed by atoms with Gasteiger partial charge in [0.05, 0.1) is 0 Å². The number of rotatable bonds is 2. The molecule has 1 aromatic heterocycles. The van der Waals surface area contributed by atoms with E-state index in [1.54, 1.807) is 0 Å². The fraction of sp³-hybridized carbons (Fsp3) is 0.714. The van der Waals surface area contributed by atoms with Crippen LogP contribution in [0, 0.1) is 0 Å². The van der Waals surface area contributed by atoms with Crippen molar-refractivity contribution >= 4 is 39.2 Å². The molecule has 0 atom stereocenters. The Kier molecular flexibility index (Phi) is 3.83. The smallest absolute Gasteiger partial charge is 0.318 e. The molecular formula is C7H10ClN3OS2. The predicted molar refractivity (Wildman–Crippen MR) is 61.0 cm³/mol. The van der Waals surface area contributed by atoms with Crippen molar-refractivity contribution in [3.8, 4) is 0 Å². The van der Waals surface area contributed by atoms with Gasteiger partial charge in [-0.3, -0.25) is 0 Å². The van der Waals surface area contributed by atoms with Crippen LogP contribution in [0.15, 0.2) is 4.42 Å². The van der Waals surface area contributed by atoms with E-state index < -0.39 is 0 Å². The molecule has 0 bridgehead atoms. The summed E-state index contributed by atoms with van der Waals surface area (Å²) in [4.78, 5) is 2.11. The van der Waals surface area contributed by atoms with E-state index in [2.05, 4.69) is 15.1 Å². The minimum Gasteiger partial charge on any atom is -0.407 e. The highest BCUT2D eigenvalue weighted by Crippen LogP contribution is 2.26. The Bertz CT molecular complexity index is 288. The summed E-state index contributed by atoms with van der Waals surface area (Å²) >= 11 is 5.59. The van der Waals surface area contributed by atoms with Crippen molar-refractivity contribution in [1.29, 1.82) is 0 Å². The van der Waals surface area contributed by atoms with E-state index in [9.17, 15) is 0 Å². The Labute approximate surface area is 95.2 Å². The first kappa shape index (κ1) is 10.4. The predicted octanol–water partition coefficient (Wildman–Crippen LogP) is 2.01. The Morgan fingerprint density at radius 3 is 2.57 bits per heavy atom. The lowest BCUT2D eigenvalue weighted by Gasteiger charge is -2.15. The van der Waals surface area contributed by atoms with Crippen LogP contribution in [0.25, 0.3) is 0 Å². The lowest BCUT2D eigenvalue weighted by atomic mass is 10.5. The second-order valence-electron chi connectivity index (χ2n) is 2.74. The molecule has 0 N–H and O–H groups in total. The highest BCUT2D eigenvalue weighted by molar-refractivity contribution is 8.76. The summed E-state index contributed by atoms with van der Waals surface area (Å²) in [5.41, 5.74) is 0. The van der Waals surface area contributed by atoms with E-state index in [0.717, 1.165) is 24.6 Å². The molecule has 1 fully saturated rings. The van der Waals surface area contributed by atoms with Gasteiger partial charge < -0.3 is 9.32 Å². The maximum atomic E-state index is 5.59. The average molecular weight is 252 g/mol. The van der Waals surface area contributed by atoms with Crippen molar-refractivity contribution in [2.24, 2.45) is 0 Å². The van der Waals surface area contributed by atoms with Crippen LogP contribution in [0.3, 0.4) is 0 Å². The highest BCUT2D eigenvalue weighted by Gasteiger charge is 2.15. The fourth-order valence-electron chi connectivity index (χ4n) is 1.14. The number of aromatic nitrogens is 2. The van der Waals surface area contributed by atoms with Crippen LogP contribution in [0.4, 0.5) is 6.01 Å². The molecule has 2 heterocycles. The van der Waals surface area contributed by atoms with Gasteiger partial charge in [-0.05, 0) is 0 Å². The number of alkyl halides is 1. The lowest BCUT2D eigenvalue weighted by Crippen LogP contribution is -2.26. The molecule has 7 heteroatoms. The van der Waals surface area contributed by atoms with Gasteiger partial charge in [-0.2, -0.15) is 0 Å². The minimum atomic E-state index is 0.282. The topological polar surface area (TPSA) is 42.2 Å². The molecule has 1 aliphatic heterocycles. The van der Waals surface area contributed by atoms with Gasteiger partial charge in [0.2, 0.25) is 5.89 Å². The van der Waals surface area contributed by atoms with Gasteiger partial charge in [0, 0.05) is 24.6 Å². The first-order valence-corrected chi connectivity index (χ1v) is 7.30. The summed E-state index contributed by atoms with van der Waals surface area (Å²) in [6, 6.07) is 0.601. The summed E-state index contributed by atoms with van der Waals surface area (Å²) < 4.78 is 5.38.